The molecule has 0 unspecified atom stereocenters. The molecule has 0 aromatic heterocycles. The van der Waals surface area contributed by atoms with Crippen molar-refractivity contribution in [2.45, 2.75) is 19.3 Å². The van der Waals surface area contributed by atoms with E-state index in [0.717, 1.165) is 24.1 Å². The molecule has 20 heavy (non-hydrogen) atoms. The number of nitrogens with zero attached hydrogens (tertiary/aromatic N) is 1. The molecule has 1 N–H and O–H groups in total. The zero-order chi connectivity index (χ0) is 14.2. The Hall–Kier alpha value is -1.69. The van der Waals surface area contributed by atoms with Crippen LogP contribution in [-0.2, 0) is 21.1 Å². The molecule has 1 aromatic carbocycles. The van der Waals surface area contributed by atoms with Gasteiger partial charge in [-0.2, -0.15) is 5.10 Å². The topological polar surface area (TPSA) is 75.6 Å². The summed E-state index contributed by atoms with van der Waals surface area (Å²) in [5.74, 6) is -0.700. The fourth-order valence-electron chi connectivity index (χ4n) is 2.74. The zero-order valence-corrected chi connectivity index (χ0v) is 11.8. The molecule has 5 nitrogen and oxygen atoms in total. The average Bonchev–Trinajstić information content (AvgIpc) is 2.99. The molecule has 0 saturated carbocycles. The van der Waals surface area contributed by atoms with Crippen molar-refractivity contribution in [1.82, 2.24) is 5.43 Å². The molecule has 1 aromatic rings. The van der Waals surface area contributed by atoms with Gasteiger partial charge in [0, 0.05) is 5.56 Å². The lowest BCUT2D eigenvalue weighted by molar-refractivity contribution is -0.124. The fourth-order valence-corrected chi connectivity index (χ4v) is 4.48. The van der Waals surface area contributed by atoms with Crippen molar-refractivity contribution in [1.29, 1.82) is 0 Å². The van der Waals surface area contributed by atoms with Crippen molar-refractivity contribution >= 4 is 21.5 Å². The van der Waals surface area contributed by atoms with Gasteiger partial charge in [-0.25, -0.2) is 13.8 Å². The summed E-state index contributed by atoms with van der Waals surface area (Å²) in [5.41, 5.74) is 5.72. The van der Waals surface area contributed by atoms with Crippen LogP contribution in [0.3, 0.4) is 0 Å². The molecule has 1 aliphatic carbocycles. The second-order valence-electron chi connectivity index (χ2n) is 5.29. The van der Waals surface area contributed by atoms with Gasteiger partial charge in [-0.05, 0) is 24.8 Å². The summed E-state index contributed by atoms with van der Waals surface area (Å²) in [5, 5.41) is 4.18. The highest BCUT2D eigenvalue weighted by atomic mass is 32.2. The third kappa shape index (κ3) is 2.60. The second-order valence-corrected chi connectivity index (χ2v) is 7.52. The summed E-state index contributed by atoms with van der Waals surface area (Å²) in [6, 6.07) is 7.99. The normalized spacial score (nSPS) is 25.6. The van der Waals surface area contributed by atoms with E-state index in [2.05, 4.69) is 16.6 Å². The summed E-state index contributed by atoms with van der Waals surface area (Å²) in [6.45, 7) is 0. The van der Waals surface area contributed by atoms with Crippen molar-refractivity contribution < 1.29 is 13.2 Å². The number of aryl methyl sites for hydroxylation is 1. The molecule has 1 fully saturated rings. The fraction of sp³-hybridized carbons (Fsp3) is 0.429. The largest absolute Gasteiger partial charge is 0.273 e. The van der Waals surface area contributed by atoms with Crippen molar-refractivity contribution in [2.75, 3.05) is 11.5 Å². The Labute approximate surface area is 118 Å². The second kappa shape index (κ2) is 5.01. The van der Waals surface area contributed by atoms with Crippen LogP contribution >= 0.6 is 0 Å². The minimum Gasteiger partial charge on any atom is -0.273 e. The number of hydrogen-bond donors (Lipinski definition) is 1. The van der Waals surface area contributed by atoms with E-state index in [1.54, 1.807) is 0 Å². The van der Waals surface area contributed by atoms with Gasteiger partial charge in [-0.3, -0.25) is 4.79 Å². The first-order valence-corrected chi connectivity index (χ1v) is 8.52. The molecule has 1 aliphatic heterocycles. The number of hydrazone groups is 1. The molecule has 1 amide bonds. The van der Waals surface area contributed by atoms with Crippen LogP contribution in [0.5, 0.6) is 0 Å². The van der Waals surface area contributed by atoms with Gasteiger partial charge in [-0.15, -0.1) is 0 Å². The van der Waals surface area contributed by atoms with Crippen molar-refractivity contribution in [3.63, 3.8) is 0 Å². The van der Waals surface area contributed by atoms with Crippen LogP contribution in [0.25, 0.3) is 0 Å². The Kier molecular flexibility index (Phi) is 3.33. The van der Waals surface area contributed by atoms with Crippen molar-refractivity contribution in [2.24, 2.45) is 11.0 Å². The number of hydrogen-bond acceptors (Lipinski definition) is 4. The molecule has 2 aliphatic rings. The van der Waals surface area contributed by atoms with Gasteiger partial charge in [0.2, 0.25) is 5.91 Å². The predicted octanol–water partition coefficient (Wildman–Crippen LogP) is 0.888. The summed E-state index contributed by atoms with van der Waals surface area (Å²) in [7, 11) is -3.04. The Morgan fingerprint density at radius 2 is 2.05 bits per heavy atom. The Morgan fingerprint density at radius 1 is 1.25 bits per heavy atom. The number of carbonyl (C=O) groups excluding carboxylic acids is 1. The number of fused-ring (bicyclic) bond motifs is 1. The number of amides is 1. The van der Waals surface area contributed by atoms with Crippen LogP contribution in [0.1, 0.15) is 24.0 Å². The summed E-state index contributed by atoms with van der Waals surface area (Å²) < 4.78 is 22.7. The first-order chi connectivity index (χ1) is 9.55. The standard InChI is InChI=1S/C14H16N2O3S/c17-14(11-7-8-20(18,19)9-11)16-15-13-6-5-10-3-1-2-4-12(10)13/h1-4,11H,5-9H2,(H,16,17)/b15-13-/t11-/m1/s1. The maximum absolute atomic E-state index is 11.9. The molecule has 6 heteroatoms. The van der Waals surface area contributed by atoms with Crippen molar-refractivity contribution in [3.8, 4) is 0 Å². The molecule has 1 atom stereocenters. The van der Waals surface area contributed by atoms with E-state index in [4.69, 9.17) is 0 Å². The number of sulfone groups is 1. The quantitative estimate of drug-likeness (QED) is 0.822. The third-order valence-corrected chi connectivity index (χ3v) is 5.63. The Morgan fingerprint density at radius 3 is 2.80 bits per heavy atom. The molecule has 0 spiro atoms. The summed E-state index contributed by atoms with van der Waals surface area (Å²) >= 11 is 0. The van der Waals surface area contributed by atoms with E-state index >= 15 is 0 Å². The summed E-state index contributed by atoms with van der Waals surface area (Å²) in [4.78, 5) is 11.9. The monoisotopic (exact) mass is 292 g/mol. The minimum absolute atomic E-state index is 0.0553. The number of benzene rings is 1. The zero-order valence-electron chi connectivity index (χ0n) is 11.0. The molecule has 106 valence electrons. The molecular weight excluding hydrogens is 276 g/mol. The van der Waals surface area contributed by atoms with Crippen LogP contribution in [0.2, 0.25) is 0 Å². The van der Waals surface area contributed by atoms with Crippen LogP contribution in [0.4, 0.5) is 0 Å². The number of rotatable bonds is 2. The predicted molar refractivity (Wildman–Crippen MR) is 76.2 cm³/mol. The molecule has 3 rings (SSSR count). The van der Waals surface area contributed by atoms with E-state index in [-0.39, 0.29) is 17.4 Å². The molecule has 1 saturated heterocycles. The maximum Gasteiger partial charge on any atom is 0.244 e. The lowest BCUT2D eigenvalue weighted by Crippen LogP contribution is -2.28. The van der Waals surface area contributed by atoms with Gasteiger partial charge in [0.05, 0.1) is 23.1 Å². The molecular formula is C14H16N2O3S. The van der Waals surface area contributed by atoms with Crippen LogP contribution in [0.15, 0.2) is 29.4 Å². The number of carbonyl (C=O) groups is 1. The lowest BCUT2D eigenvalue weighted by atomic mass is 10.1. The first-order valence-electron chi connectivity index (χ1n) is 6.70. The number of nitrogens with one attached hydrogen (secondary N) is 1. The van der Waals surface area contributed by atoms with Gasteiger partial charge in [0.25, 0.3) is 0 Å². The molecule has 0 bridgehead atoms. The van der Waals surface area contributed by atoms with Crippen LogP contribution in [-0.4, -0.2) is 31.5 Å². The van der Waals surface area contributed by atoms with E-state index < -0.39 is 15.8 Å². The van der Waals surface area contributed by atoms with Gasteiger partial charge in [0.1, 0.15) is 0 Å². The maximum atomic E-state index is 11.9. The average molecular weight is 292 g/mol. The smallest absolute Gasteiger partial charge is 0.244 e. The SMILES string of the molecule is O=C(N/N=C1/CCc2ccccc21)[C@@H]1CCS(=O)(=O)C1. The van der Waals surface area contributed by atoms with Gasteiger partial charge in [-0.1, -0.05) is 24.3 Å². The van der Waals surface area contributed by atoms with Gasteiger partial charge < -0.3 is 0 Å². The Bertz CT molecular complexity index is 679. The molecule has 1 heterocycles. The van der Waals surface area contributed by atoms with Crippen molar-refractivity contribution in [3.05, 3.63) is 35.4 Å². The van der Waals surface area contributed by atoms with Gasteiger partial charge in [0.15, 0.2) is 9.84 Å². The lowest BCUT2D eigenvalue weighted by Gasteiger charge is -2.06. The highest BCUT2D eigenvalue weighted by Gasteiger charge is 2.33. The Balaban J connectivity index is 1.68. The van der Waals surface area contributed by atoms with Crippen LogP contribution < -0.4 is 5.43 Å². The van der Waals surface area contributed by atoms with Gasteiger partial charge >= 0.3 is 0 Å². The minimum atomic E-state index is -3.04. The molecule has 0 radical (unpaired) electrons. The first kappa shape index (κ1) is 13.3. The summed E-state index contributed by atoms with van der Waals surface area (Å²) in [6.07, 6.45) is 2.14. The highest BCUT2D eigenvalue weighted by molar-refractivity contribution is 7.91. The highest BCUT2D eigenvalue weighted by Crippen LogP contribution is 2.22. The third-order valence-electron chi connectivity index (χ3n) is 3.86. The van der Waals surface area contributed by atoms with E-state index in [9.17, 15) is 13.2 Å². The van der Waals surface area contributed by atoms with E-state index in [0.29, 0.717) is 6.42 Å². The van der Waals surface area contributed by atoms with Crippen LogP contribution in [0, 0.1) is 5.92 Å². The van der Waals surface area contributed by atoms with E-state index in [1.165, 1.54) is 5.56 Å². The van der Waals surface area contributed by atoms with E-state index in [1.807, 2.05) is 18.2 Å².